The zero-order valence-electron chi connectivity index (χ0n) is 33.1. The molecule has 0 aromatic rings. The van der Waals surface area contributed by atoms with Gasteiger partial charge in [-0.15, -0.1) is 0 Å². The Bertz CT molecular complexity index is 1970. The molecule has 0 saturated carbocycles. The first kappa shape index (κ1) is 68.2. The molecular formula is C28H18F37NO6. The molecule has 0 aliphatic rings. The van der Waals surface area contributed by atoms with Crippen molar-refractivity contribution >= 4 is 11.9 Å². The van der Waals surface area contributed by atoms with Gasteiger partial charge >= 0.3 is 113 Å². The molecule has 430 valence electrons. The maximum atomic E-state index is 15.2. The summed E-state index contributed by atoms with van der Waals surface area (Å²) in [7, 11) is 0.428. The first-order valence-electron chi connectivity index (χ1n) is 16.6. The van der Waals surface area contributed by atoms with E-state index in [0.717, 1.165) is 0 Å². The zero-order chi connectivity index (χ0) is 59.5. The number of alkyl halides is 37. The second-order valence-electron chi connectivity index (χ2n) is 14.9. The molecule has 0 spiro atoms. The number of carbonyl (C=O) groups is 2. The Hall–Kier alpha value is -3.77. The molecule has 2 N–H and O–H groups in total. The Morgan fingerprint density at radius 3 is 0.778 bits per heavy atom. The minimum atomic E-state index is -10.6. The summed E-state index contributed by atoms with van der Waals surface area (Å²) in [6.45, 7) is -5.19. The first-order valence-corrected chi connectivity index (χ1v) is 16.6. The van der Waals surface area contributed by atoms with Gasteiger partial charge < -0.3 is 24.9 Å². The number of rotatable bonds is 24. The molecule has 0 aromatic carbocycles. The van der Waals surface area contributed by atoms with Gasteiger partial charge in [0.15, 0.2) is 6.10 Å². The lowest BCUT2D eigenvalue weighted by atomic mass is 9.80. The highest BCUT2D eigenvalue weighted by molar-refractivity contribution is 5.66. The van der Waals surface area contributed by atoms with Gasteiger partial charge in [-0.3, -0.25) is 9.28 Å². The number of carboxylic acids is 1. The number of esters is 1. The van der Waals surface area contributed by atoms with Crippen LogP contribution < -0.4 is 5.11 Å². The number of aliphatic hydroxyl groups is 2. The van der Waals surface area contributed by atoms with Crippen molar-refractivity contribution in [3.63, 3.8) is 0 Å². The molecule has 0 aliphatic carbocycles. The van der Waals surface area contributed by atoms with Crippen LogP contribution in [0, 0.1) is 5.92 Å². The number of likely N-dealkylation sites (N-methyl/N-ethyl adjacent to an activating group) is 1. The van der Waals surface area contributed by atoms with E-state index in [4.69, 9.17) is 0 Å². The fraction of sp³-hybridized carbons (Fsp3) is 0.929. The highest BCUT2D eigenvalue weighted by Gasteiger charge is 3.03. The average molecular weight is 1170 g/mol. The number of hydrogen-bond donors (Lipinski definition) is 2. The van der Waals surface area contributed by atoms with Gasteiger partial charge in [0.05, 0.1) is 32.6 Å². The van der Waals surface area contributed by atoms with E-state index in [0.29, 0.717) is 0 Å². The summed E-state index contributed by atoms with van der Waals surface area (Å²) >= 11 is 0. The lowest BCUT2D eigenvalue weighted by Gasteiger charge is -2.47. The van der Waals surface area contributed by atoms with Gasteiger partial charge in [-0.05, 0) is 0 Å². The minimum Gasteiger partial charge on any atom is -0.544 e. The number of aliphatic carboxylic acids is 1. The number of aliphatic hydroxyl groups excluding tert-OH is 2. The van der Waals surface area contributed by atoms with Crippen LogP contribution in [-0.4, -0.2) is 173 Å². The van der Waals surface area contributed by atoms with Crippen LogP contribution >= 0.6 is 0 Å². The third-order valence-corrected chi connectivity index (χ3v) is 9.60. The van der Waals surface area contributed by atoms with Crippen LogP contribution in [0.1, 0.15) is 6.92 Å². The molecule has 0 heterocycles. The summed E-state index contributed by atoms with van der Waals surface area (Å²) in [4.78, 5) is 22.3. The number of ether oxygens (including phenoxy) is 1. The average Bonchev–Trinajstić information content (AvgIpc) is 3.14. The van der Waals surface area contributed by atoms with Gasteiger partial charge in [-0.25, -0.2) is 0 Å². The molecule has 44 heteroatoms. The molecule has 7 nitrogen and oxygen atoms in total. The predicted molar refractivity (Wildman–Crippen MR) is 144 cm³/mol. The zero-order valence-corrected chi connectivity index (χ0v) is 33.1. The molecule has 0 radical (unpaired) electrons. The molecular weight excluding hydrogens is 1150 g/mol. The maximum Gasteiger partial charge on any atom is 0.460 e. The molecule has 3 unspecified atom stereocenters. The third kappa shape index (κ3) is 8.68. The smallest absolute Gasteiger partial charge is 0.460 e. The topological polar surface area (TPSA) is 107 Å². The van der Waals surface area contributed by atoms with Crippen LogP contribution in [0.2, 0.25) is 0 Å². The van der Waals surface area contributed by atoms with Crippen LogP contribution in [0.5, 0.6) is 0 Å². The second kappa shape index (κ2) is 17.9. The highest BCUT2D eigenvalue weighted by Crippen LogP contribution is 2.71. The molecule has 0 bridgehead atoms. The second-order valence-corrected chi connectivity index (χ2v) is 14.9. The maximum absolute atomic E-state index is 15.2. The monoisotopic (exact) mass is 1170 g/mol. The summed E-state index contributed by atoms with van der Waals surface area (Å²) in [6, 6.07) is 0. The van der Waals surface area contributed by atoms with Crippen molar-refractivity contribution in [1.29, 1.82) is 0 Å². The van der Waals surface area contributed by atoms with Gasteiger partial charge in [0.1, 0.15) is 6.54 Å². The van der Waals surface area contributed by atoms with E-state index in [1.807, 2.05) is 0 Å². The third-order valence-electron chi connectivity index (χ3n) is 9.60. The number of quaternary nitrogens is 1. The lowest BCUT2D eigenvalue weighted by Crippen LogP contribution is -2.80. The van der Waals surface area contributed by atoms with E-state index < -0.39 is 155 Å². The SMILES string of the molecule is CC(=O)OC(C(CO)C(F)(F)C(F)(F)C(F)(F)C(F)(F)C(F)(F)C(F)(F)C(F)(F)C(F)(F)C(F)(F)C(F)(F)C(F)(F)C(F)(F)C(F)(F)C(F)(F)C(F)(F)C(F)(F)C(F)(F)C(F)(F)F)C(O)[N+](C)(C)CC(=O)[O-]. The molecule has 0 rings (SSSR count). The fourth-order valence-corrected chi connectivity index (χ4v) is 5.17. The fourth-order valence-electron chi connectivity index (χ4n) is 5.17. The molecule has 72 heavy (non-hydrogen) atoms. The number of halogens is 37. The van der Waals surface area contributed by atoms with Crippen LogP contribution in [0.25, 0.3) is 0 Å². The van der Waals surface area contributed by atoms with E-state index >= 15 is 8.78 Å². The summed E-state index contributed by atoms with van der Waals surface area (Å²) in [5.74, 6) is -179. The standard InChI is InChI=1S/C28H18F37NO6/c1-6(68)72-9(10(71)66(2,3)4-8(69)70)7(5-67)11(29,30)12(31,32)13(33,34)14(35,36)15(37,38)16(39,40)17(41,42)18(43,44)19(45,46)20(47,48)21(49,50)22(51,52)23(53,54)24(55,56)25(57,58)26(59,60)27(61,62)28(63,64)65/h7,9-10,67,71H,4-5H2,1-3H3. The van der Waals surface area contributed by atoms with Crippen molar-refractivity contribution in [3.05, 3.63) is 0 Å². The van der Waals surface area contributed by atoms with Crippen molar-refractivity contribution in [2.75, 3.05) is 27.2 Å². The molecule has 0 aliphatic heterocycles. The summed E-state index contributed by atoms with van der Waals surface area (Å²) in [5.41, 5.74) is 0. The van der Waals surface area contributed by atoms with Crippen LogP contribution in [0.3, 0.4) is 0 Å². The Balaban J connectivity index is 8.08. The van der Waals surface area contributed by atoms with E-state index in [1.165, 1.54) is 0 Å². The number of carbonyl (C=O) groups excluding carboxylic acids is 2. The van der Waals surface area contributed by atoms with Crippen molar-refractivity contribution in [2.45, 2.75) is 126 Å². The van der Waals surface area contributed by atoms with E-state index in [9.17, 15) is 179 Å². The Kier molecular flexibility index (Phi) is 17.0. The number of nitrogens with zero attached hydrogens (tertiary/aromatic N) is 1. The molecule has 0 saturated heterocycles. The summed E-state index contributed by atoms with van der Waals surface area (Å²) in [5, 5.41) is 30.4. The first-order chi connectivity index (χ1) is 30.6. The van der Waals surface area contributed by atoms with Gasteiger partial charge in [0.2, 0.25) is 6.23 Å². The van der Waals surface area contributed by atoms with Crippen LogP contribution in [0.4, 0.5) is 162 Å². The van der Waals surface area contributed by atoms with Crippen molar-refractivity contribution in [1.82, 2.24) is 0 Å². The van der Waals surface area contributed by atoms with Crippen molar-refractivity contribution in [2.24, 2.45) is 5.92 Å². The molecule has 0 aromatic heterocycles. The van der Waals surface area contributed by atoms with Gasteiger partial charge in [0.25, 0.3) is 0 Å². The Labute approximate surface area is 369 Å². The Morgan fingerprint density at radius 1 is 0.417 bits per heavy atom. The summed E-state index contributed by atoms with van der Waals surface area (Å²) < 4.78 is 520. The van der Waals surface area contributed by atoms with E-state index in [-0.39, 0.29) is 21.0 Å². The molecule has 0 fully saturated rings. The van der Waals surface area contributed by atoms with Crippen molar-refractivity contribution < 1.29 is 197 Å². The van der Waals surface area contributed by atoms with Gasteiger partial charge in [-0.1, -0.05) is 0 Å². The quantitative estimate of drug-likeness (QED) is 0.0433. The van der Waals surface area contributed by atoms with Crippen LogP contribution in [-0.2, 0) is 14.3 Å². The van der Waals surface area contributed by atoms with Gasteiger partial charge in [0, 0.05) is 6.92 Å². The Morgan fingerprint density at radius 2 is 0.611 bits per heavy atom. The number of hydrogen-bond acceptors (Lipinski definition) is 6. The molecule has 0 amide bonds. The highest BCUT2D eigenvalue weighted by atomic mass is 19.4. The summed E-state index contributed by atoms with van der Waals surface area (Å²) in [6.07, 6.45) is -16.2. The van der Waals surface area contributed by atoms with E-state index in [2.05, 4.69) is 4.74 Å². The van der Waals surface area contributed by atoms with E-state index in [1.54, 1.807) is 0 Å². The largest absolute Gasteiger partial charge is 0.544 e. The van der Waals surface area contributed by atoms with Crippen molar-refractivity contribution in [3.8, 4) is 0 Å². The van der Waals surface area contributed by atoms with Gasteiger partial charge in [-0.2, -0.15) is 162 Å². The minimum absolute atomic E-state index is 0.0760. The predicted octanol–water partition coefficient (Wildman–Crippen LogP) is 9.03. The molecule has 3 atom stereocenters. The van der Waals surface area contributed by atoms with Crippen LogP contribution in [0.15, 0.2) is 0 Å². The lowest BCUT2D eigenvalue weighted by molar-refractivity contribution is -0.936. The normalized spacial score (nSPS) is 17.7. The number of carboxylic acid groups (broad SMARTS) is 1.